The van der Waals surface area contributed by atoms with Gasteiger partial charge in [-0.25, -0.2) is 15.0 Å². The number of imidazole rings is 1. The highest BCUT2D eigenvalue weighted by atomic mass is 16.6. The Morgan fingerprint density at radius 1 is 1.17 bits per heavy atom. The molecule has 0 unspecified atom stereocenters. The number of hydrogen-bond donors (Lipinski definition) is 4. The summed E-state index contributed by atoms with van der Waals surface area (Å²) < 4.78 is 7.18. The third-order valence-corrected chi connectivity index (χ3v) is 5.94. The van der Waals surface area contributed by atoms with E-state index in [1.807, 2.05) is 6.07 Å². The SMILES string of the molecule is C[C@H]1Cc2ccccc2[C@H]1Nc1ncnc2c1ncn2[C@@H]1O[C@H](CO)[C@@H](O)[C@H]1O. The molecule has 5 rings (SSSR count). The molecule has 3 heterocycles. The van der Waals surface area contributed by atoms with Gasteiger partial charge in [0.2, 0.25) is 0 Å². The van der Waals surface area contributed by atoms with Crippen molar-refractivity contribution < 1.29 is 20.1 Å². The highest BCUT2D eigenvalue weighted by molar-refractivity contribution is 5.83. The summed E-state index contributed by atoms with van der Waals surface area (Å²) in [7, 11) is 0. The van der Waals surface area contributed by atoms with E-state index < -0.39 is 24.5 Å². The molecule has 2 aromatic heterocycles. The molecule has 0 bridgehead atoms. The van der Waals surface area contributed by atoms with Gasteiger partial charge in [-0.2, -0.15) is 0 Å². The number of aromatic nitrogens is 4. The molecule has 0 spiro atoms. The molecular formula is C20H23N5O4. The van der Waals surface area contributed by atoms with Crippen LogP contribution < -0.4 is 5.32 Å². The van der Waals surface area contributed by atoms with Crippen LogP contribution in [-0.2, 0) is 11.2 Å². The fourth-order valence-corrected chi connectivity index (χ4v) is 4.42. The fraction of sp³-hybridized carbons (Fsp3) is 0.450. The number of hydrogen-bond acceptors (Lipinski definition) is 8. The van der Waals surface area contributed by atoms with Crippen molar-refractivity contribution in [1.82, 2.24) is 19.5 Å². The zero-order valence-electron chi connectivity index (χ0n) is 15.9. The van der Waals surface area contributed by atoms with Gasteiger partial charge in [0, 0.05) is 0 Å². The van der Waals surface area contributed by atoms with Gasteiger partial charge in [-0.1, -0.05) is 31.2 Å². The lowest BCUT2D eigenvalue weighted by Crippen LogP contribution is -2.33. The zero-order chi connectivity index (χ0) is 20.1. The molecule has 1 fully saturated rings. The van der Waals surface area contributed by atoms with Crippen molar-refractivity contribution in [3.8, 4) is 0 Å². The number of anilines is 1. The lowest BCUT2D eigenvalue weighted by atomic mass is 10.0. The van der Waals surface area contributed by atoms with Gasteiger partial charge in [-0.3, -0.25) is 4.57 Å². The Labute approximate surface area is 167 Å². The molecule has 3 aromatic rings. The van der Waals surface area contributed by atoms with Gasteiger partial charge in [0.25, 0.3) is 0 Å². The summed E-state index contributed by atoms with van der Waals surface area (Å²) in [4.78, 5) is 13.1. The number of benzene rings is 1. The molecule has 0 radical (unpaired) electrons. The van der Waals surface area contributed by atoms with Crippen molar-refractivity contribution in [3.63, 3.8) is 0 Å². The van der Waals surface area contributed by atoms with E-state index in [-0.39, 0.29) is 12.6 Å². The Balaban J connectivity index is 1.49. The van der Waals surface area contributed by atoms with Crippen molar-refractivity contribution in [2.45, 2.75) is 43.9 Å². The molecule has 1 aliphatic carbocycles. The van der Waals surface area contributed by atoms with E-state index in [0.29, 0.717) is 22.9 Å². The number of nitrogens with one attached hydrogen (secondary N) is 1. The number of aliphatic hydroxyl groups excluding tert-OH is 3. The Kier molecular flexibility index (Phi) is 4.47. The maximum atomic E-state index is 10.3. The summed E-state index contributed by atoms with van der Waals surface area (Å²) in [6, 6.07) is 8.49. The van der Waals surface area contributed by atoms with E-state index in [0.717, 1.165) is 6.42 Å². The van der Waals surface area contributed by atoms with Crippen molar-refractivity contribution in [2.75, 3.05) is 11.9 Å². The van der Waals surface area contributed by atoms with E-state index in [1.54, 1.807) is 4.57 Å². The van der Waals surface area contributed by atoms with Crippen LogP contribution in [-0.4, -0.2) is 59.8 Å². The minimum Gasteiger partial charge on any atom is -0.394 e. The van der Waals surface area contributed by atoms with Crippen LogP contribution in [0.4, 0.5) is 5.82 Å². The first kappa shape index (κ1) is 18.4. The third kappa shape index (κ3) is 2.89. The summed E-state index contributed by atoms with van der Waals surface area (Å²) in [5, 5.41) is 33.2. The number of nitrogens with zero attached hydrogens (tertiary/aromatic N) is 4. The van der Waals surface area contributed by atoms with E-state index in [9.17, 15) is 15.3 Å². The first-order valence-corrected chi connectivity index (χ1v) is 9.72. The Hall–Kier alpha value is -2.59. The summed E-state index contributed by atoms with van der Waals surface area (Å²) in [6.45, 7) is 1.82. The molecular weight excluding hydrogens is 374 g/mol. The highest BCUT2D eigenvalue weighted by Gasteiger charge is 2.44. The quantitative estimate of drug-likeness (QED) is 0.509. The van der Waals surface area contributed by atoms with E-state index in [1.165, 1.54) is 23.8 Å². The van der Waals surface area contributed by atoms with E-state index in [4.69, 9.17) is 4.74 Å². The molecule has 0 amide bonds. The summed E-state index contributed by atoms with van der Waals surface area (Å²) >= 11 is 0. The smallest absolute Gasteiger partial charge is 0.167 e. The Morgan fingerprint density at radius 3 is 2.79 bits per heavy atom. The molecule has 6 atom stereocenters. The molecule has 9 heteroatoms. The van der Waals surface area contributed by atoms with Crippen LogP contribution in [0.15, 0.2) is 36.9 Å². The van der Waals surface area contributed by atoms with Crippen molar-refractivity contribution in [3.05, 3.63) is 48.0 Å². The predicted octanol–water partition coefficient (Wildman–Crippen LogP) is 0.783. The average molecular weight is 397 g/mol. The normalized spacial score (nSPS) is 31.3. The minimum absolute atomic E-state index is 0.114. The molecule has 4 N–H and O–H groups in total. The molecule has 1 saturated heterocycles. The van der Waals surface area contributed by atoms with Gasteiger partial charge in [-0.15, -0.1) is 0 Å². The van der Waals surface area contributed by atoms with Gasteiger partial charge in [0.05, 0.1) is 19.0 Å². The van der Waals surface area contributed by atoms with Gasteiger partial charge in [0.15, 0.2) is 23.2 Å². The number of rotatable bonds is 4. The van der Waals surface area contributed by atoms with Crippen LogP contribution in [0.5, 0.6) is 0 Å². The second-order valence-electron chi connectivity index (χ2n) is 7.78. The van der Waals surface area contributed by atoms with Crippen LogP contribution in [0.25, 0.3) is 11.2 Å². The van der Waals surface area contributed by atoms with Crippen LogP contribution in [0.1, 0.15) is 30.3 Å². The molecule has 1 aliphatic heterocycles. The van der Waals surface area contributed by atoms with Crippen LogP contribution >= 0.6 is 0 Å². The molecule has 29 heavy (non-hydrogen) atoms. The van der Waals surface area contributed by atoms with Crippen LogP contribution in [0.3, 0.4) is 0 Å². The maximum absolute atomic E-state index is 10.3. The fourth-order valence-electron chi connectivity index (χ4n) is 4.42. The highest BCUT2D eigenvalue weighted by Crippen LogP contribution is 2.39. The second kappa shape index (κ2) is 7.03. The van der Waals surface area contributed by atoms with E-state index in [2.05, 4.69) is 45.4 Å². The van der Waals surface area contributed by atoms with Crippen LogP contribution in [0.2, 0.25) is 0 Å². The minimum atomic E-state index is -1.20. The summed E-state index contributed by atoms with van der Waals surface area (Å²) in [6.07, 6.45) is -0.176. The van der Waals surface area contributed by atoms with Gasteiger partial charge < -0.3 is 25.4 Å². The standard InChI is InChI=1S/C20H23N5O4/c1-10-6-11-4-2-3-5-12(11)14(10)24-18-15-19(22-8-21-18)25(9-23-15)20-17(28)16(27)13(7-26)29-20/h2-5,8-10,13-14,16-17,20,26-28H,6-7H2,1H3,(H,21,22,24)/t10-,13+,14-,16+,17+,20+/m0/s1. The Morgan fingerprint density at radius 2 is 2.00 bits per heavy atom. The van der Waals surface area contributed by atoms with Crippen LogP contribution in [0, 0.1) is 5.92 Å². The van der Waals surface area contributed by atoms with E-state index >= 15 is 0 Å². The van der Waals surface area contributed by atoms with Crippen molar-refractivity contribution in [1.29, 1.82) is 0 Å². The summed E-state index contributed by atoms with van der Waals surface area (Å²) in [5.74, 6) is 1.01. The Bertz CT molecular complexity index is 1040. The first-order chi connectivity index (χ1) is 14.1. The molecule has 0 saturated carbocycles. The first-order valence-electron chi connectivity index (χ1n) is 9.72. The topological polar surface area (TPSA) is 126 Å². The molecule has 9 nitrogen and oxygen atoms in total. The largest absolute Gasteiger partial charge is 0.394 e. The third-order valence-electron chi connectivity index (χ3n) is 5.94. The summed E-state index contributed by atoms with van der Waals surface area (Å²) in [5.41, 5.74) is 3.63. The molecule has 2 aliphatic rings. The number of ether oxygens (including phenoxy) is 1. The monoisotopic (exact) mass is 397 g/mol. The van der Waals surface area contributed by atoms with Gasteiger partial charge in [0.1, 0.15) is 24.6 Å². The lowest BCUT2D eigenvalue weighted by molar-refractivity contribution is -0.0511. The van der Waals surface area contributed by atoms with Crippen molar-refractivity contribution >= 4 is 17.0 Å². The molecule has 152 valence electrons. The molecule has 1 aromatic carbocycles. The second-order valence-corrected chi connectivity index (χ2v) is 7.78. The zero-order valence-corrected chi connectivity index (χ0v) is 15.9. The van der Waals surface area contributed by atoms with Gasteiger partial charge in [-0.05, 0) is 23.5 Å². The maximum Gasteiger partial charge on any atom is 0.167 e. The number of fused-ring (bicyclic) bond motifs is 2. The number of aliphatic hydroxyl groups is 3. The predicted molar refractivity (Wildman–Crippen MR) is 104 cm³/mol. The average Bonchev–Trinajstić information content (AvgIpc) is 3.38. The van der Waals surface area contributed by atoms with Gasteiger partial charge >= 0.3 is 0 Å². The van der Waals surface area contributed by atoms with Crippen molar-refractivity contribution in [2.24, 2.45) is 5.92 Å². The lowest BCUT2D eigenvalue weighted by Gasteiger charge is -2.20.